The highest BCUT2D eigenvalue weighted by Crippen LogP contribution is 2.17. The van der Waals surface area contributed by atoms with E-state index in [9.17, 15) is 4.79 Å². The molecule has 2 rings (SSSR count). The van der Waals surface area contributed by atoms with Crippen molar-refractivity contribution >= 4 is 18.3 Å². The second-order valence-corrected chi connectivity index (χ2v) is 3.96. The Labute approximate surface area is 107 Å². The number of carbonyl (C=O) groups excluding carboxylic acids is 1. The molecule has 17 heavy (non-hydrogen) atoms. The maximum atomic E-state index is 10.9. The van der Waals surface area contributed by atoms with E-state index in [1.165, 1.54) is 0 Å². The van der Waals surface area contributed by atoms with Crippen molar-refractivity contribution in [2.45, 2.75) is 18.9 Å². The van der Waals surface area contributed by atoms with Crippen LogP contribution >= 0.6 is 12.4 Å². The molecule has 94 valence electrons. The third-order valence-electron chi connectivity index (χ3n) is 2.73. The minimum absolute atomic E-state index is 0. The number of hydrogen-bond donors (Lipinski definition) is 2. The van der Waals surface area contributed by atoms with E-state index < -0.39 is 5.91 Å². The van der Waals surface area contributed by atoms with E-state index in [0.717, 1.165) is 31.7 Å². The summed E-state index contributed by atoms with van der Waals surface area (Å²) in [5.74, 6) is 0.394. The van der Waals surface area contributed by atoms with E-state index in [1.807, 2.05) is 0 Å². The van der Waals surface area contributed by atoms with E-state index in [1.54, 1.807) is 24.3 Å². The summed E-state index contributed by atoms with van der Waals surface area (Å²) < 4.78 is 5.80. The molecule has 5 heteroatoms. The Morgan fingerprint density at radius 3 is 2.35 bits per heavy atom. The average Bonchev–Trinajstić information content (AvgIpc) is 2.31. The fourth-order valence-corrected chi connectivity index (χ4v) is 1.80. The molecule has 0 atom stereocenters. The standard InChI is InChI=1S/C12H16N2O2.ClH/c13-12(15)9-1-3-10(4-2-9)16-11-5-7-14-8-6-11;/h1-4,11,14H,5-8H2,(H2,13,15);1H. The summed E-state index contributed by atoms with van der Waals surface area (Å²) in [5, 5.41) is 3.28. The minimum atomic E-state index is -0.409. The highest BCUT2D eigenvalue weighted by molar-refractivity contribution is 5.92. The summed E-state index contributed by atoms with van der Waals surface area (Å²) in [7, 11) is 0. The van der Waals surface area contributed by atoms with Crippen molar-refractivity contribution in [3.05, 3.63) is 29.8 Å². The van der Waals surface area contributed by atoms with Gasteiger partial charge in [0.1, 0.15) is 11.9 Å². The van der Waals surface area contributed by atoms with Crippen molar-refractivity contribution < 1.29 is 9.53 Å². The molecule has 0 aliphatic carbocycles. The fraction of sp³-hybridized carbons (Fsp3) is 0.417. The molecule has 0 saturated carbocycles. The van der Waals surface area contributed by atoms with Crippen LogP contribution in [0.25, 0.3) is 0 Å². The van der Waals surface area contributed by atoms with Gasteiger partial charge < -0.3 is 15.8 Å². The van der Waals surface area contributed by atoms with Gasteiger partial charge in [-0.3, -0.25) is 4.79 Å². The number of rotatable bonds is 3. The molecule has 0 spiro atoms. The first kappa shape index (κ1) is 13.8. The van der Waals surface area contributed by atoms with Gasteiger partial charge in [-0.25, -0.2) is 0 Å². The molecule has 1 aromatic rings. The number of hydrogen-bond acceptors (Lipinski definition) is 3. The van der Waals surface area contributed by atoms with Crippen LogP contribution in [0.5, 0.6) is 5.75 Å². The van der Waals surface area contributed by atoms with Crippen molar-refractivity contribution in [3.63, 3.8) is 0 Å². The van der Waals surface area contributed by atoms with Crippen molar-refractivity contribution in [2.24, 2.45) is 5.73 Å². The first-order chi connectivity index (χ1) is 7.75. The van der Waals surface area contributed by atoms with E-state index in [0.29, 0.717) is 5.56 Å². The number of halogens is 1. The quantitative estimate of drug-likeness (QED) is 0.858. The van der Waals surface area contributed by atoms with E-state index in [2.05, 4.69) is 5.32 Å². The number of benzene rings is 1. The van der Waals surface area contributed by atoms with Gasteiger partial charge in [0.25, 0.3) is 0 Å². The maximum Gasteiger partial charge on any atom is 0.248 e. The van der Waals surface area contributed by atoms with Gasteiger partial charge in [0, 0.05) is 5.56 Å². The highest BCUT2D eigenvalue weighted by atomic mass is 35.5. The summed E-state index contributed by atoms with van der Waals surface area (Å²) in [4.78, 5) is 10.9. The average molecular weight is 257 g/mol. The molecule has 4 nitrogen and oxygen atoms in total. The van der Waals surface area contributed by atoms with Gasteiger partial charge in [0.15, 0.2) is 0 Å². The number of nitrogens with two attached hydrogens (primary N) is 1. The molecule has 1 amide bonds. The SMILES string of the molecule is Cl.NC(=O)c1ccc(OC2CCNCC2)cc1. The van der Waals surface area contributed by atoms with Crippen LogP contribution in [-0.2, 0) is 0 Å². The lowest BCUT2D eigenvalue weighted by molar-refractivity contribution is 0.1000. The molecule has 0 unspecified atom stereocenters. The Balaban J connectivity index is 0.00000144. The number of nitrogens with one attached hydrogen (secondary N) is 1. The second-order valence-electron chi connectivity index (χ2n) is 3.96. The molecular weight excluding hydrogens is 240 g/mol. The van der Waals surface area contributed by atoms with Crippen LogP contribution < -0.4 is 15.8 Å². The molecule has 0 aromatic heterocycles. The third kappa shape index (κ3) is 3.91. The van der Waals surface area contributed by atoms with E-state index in [-0.39, 0.29) is 18.5 Å². The lowest BCUT2D eigenvalue weighted by Gasteiger charge is -2.23. The van der Waals surface area contributed by atoms with Crippen LogP contribution in [0, 0.1) is 0 Å². The van der Waals surface area contributed by atoms with Crippen molar-refractivity contribution in [1.29, 1.82) is 0 Å². The van der Waals surface area contributed by atoms with Crippen LogP contribution in [0.4, 0.5) is 0 Å². The monoisotopic (exact) mass is 256 g/mol. The number of primary amides is 1. The summed E-state index contributed by atoms with van der Waals surface area (Å²) in [6, 6.07) is 6.97. The second kappa shape index (κ2) is 6.47. The lowest BCUT2D eigenvalue weighted by Crippen LogP contribution is -2.34. The van der Waals surface area contributed by atoms with E-state index in [4.69, 9.17) is 10.5 Å². The highest BCUT2D eigenvalue weighted by Gasteiger charge is 2.14. The lowest BCUT2D eigenvalue weighted by atomic mass is 10.1. The maximum absolute atomic E-state index is 10.9. The van der Waals surface area contributed by atoms with Gasteiger partial charge in [0.2, 0.25) is 5.91 Å². The summed E-state index contributed by atoms with van der Waals surface area (Å²) in [6.45, 7) is 2.01. The Morgan fingerprint density at radius 1 is 1.24 bits per heavy atom. The molecule has 1 aliphatic rings. The Kier molecular flexibility index (Phi) is 5.25. The number of amides is 1. The zero-order valence-corrected chi connectivity index (χ0v) is 10.3. The van der Waals surface area contributed by atoms with Crippen LogP contribution in [0.15, 0.2) is 24.3 Å². The molecule has 1 saturated heterocycles. The van der Waals surface area contributed by atoms with Crippen molar-refractivity contribution in [2.75, 3.05) is 13.1 Å². The van der Waals surface area contributed by atoms with Gasteiger partial charge in [0.05, 0.1) is 0 Å². The smallest absolute Gasteiger partial charge is 0.248 e. The van der Waals surface area contributed by atoms with Crippen LogP contribution in [0.1, 0.15) is 23.2 Å². The van der Waals surface area contributed by atoms with Crippen LogP contribution in [-0.4, -0.2) is 25.1 Å². The zero-order chi connectivity index (χ0) is 11.4. The molecule has 0 bridgehead atoms. The summed E-state index contributed by atoms with van der Waals surface area (Å²) in [5.41, 5.74) is 5.67. The predicted octanol–water partition coefficient (Wildman–Crippen LogP) is 1.34. The molecular formula is C12H17ClN2O2. The third-order valence-corrected chi connectivity index (χ3v) is 2.73. The zero-order valence-electron chi connectivity index (χ0n) is 9.52. The Hall–Kier alpha value is -1.26. The fourth-order valence-electron chi connectivity index (χ4n) is 1.80. The van der Waals surface area contributed by atoms with E-state index >= 15 is 0 Å². The topological polar surface area (TPSA) is 64.4 Å². The van der Waals surface area contributed by atoms with Gasteiger partial charge in [-0.05, 0) is 50.2 Å². The number of ether oxygens (including phenoxy) is 1. The largest absolute Gasteiger partial charge is 0.490 e. The molecule has 1 heterocycles. The van der Waals surface area contributed by atoms with Gasteiger partial charge >= 0.3 is 0 Å². The predicted molar refractivity (Wildman–Crippen MR) is 68.7 cm³/mol. The summed E-state index contributed by atoms with van der Waals surface area (Å²) in [6.07, 6.45) is 2.33. The van der Waals surface area contributed by atoms with Gasteiger partial charge in [-0.2, -0.15) is 0 Å². The summed E-state index contributed by atoms with van der Waals surface area (Å²) >= 11 is 0. The minimum Gasteiger partial charge on any atom is -0.490 e. The van der Waals surface area contributed by atoms with Crippen LogP contribution in [0.3, 0.4) is 0 Å². The molecule has 3 N–H and O–H groups in total. The normalized spacial score (nSPS) is 16.0. The number of piperidine rings is 1. The van der Waals surface area contributed by atoms with Crippen LogP contribution in [0.2, 0.25) is 0 Å². The molecule has 1 fully saturated rings. The number of carbonyl (C=O) groups is 1. The van der Waals surface area contributed by atoms with Crippen molar-refractivity contribution in [3.8, 4) is 5.75 Å². The first-order valence-electron chi connectivity index (χ1n) is 5.53. The Bertz CT molecular complexity index is 361. The Morgan fingerprint density at radius 2 is 1.82 bits per heavy atom. The molecule has 1 aliphatic heterocycles. The van der Waals surface area contributed by atoms with Gasteiger partial charge in [-0.1, -0.05) is 0 Å². The molecule has 1 aromatic carbocycles. The van der Waals surface area contributed by atoms with Crippen molar-refractivity contribution in [1.82, 2.24) is 5.32 Å². The first-order valence-corrected chi connectivity index (χ1v) is 5.53. The molecule has 0 radical (unpaired) electrons. The van der Waals surface area contributed by atoms with Gasteiger partial charge in [-0.15, -0.1) is 12.4 Å².